The number of pyridine rings is 1. The van der Waals surface area contributed by atoms with E-state index in [1.54, 1.807) is 7.11 Å². The van der Waals surface area contributed by atoms with E-state index in [0.717, 1.165) is 22.7 Å². The van der Waals surface area contributed by atoms with Gasteiger partial charge >= 0.3 is 0 Å². The second kappa shape index (κ2) is 7.70. The van der Waals surface area contributed by atoms with Crippen LogP contribution in [-0.4, -0.2) is 35.6 Å². The Kier molecular flexibility index (Phi) is 5.18. The van der Waals surface area contributed by atoms with Gasteiger partial charge in [-0.05, 0) is 31.2 Å². The zero-order valence-corrected chi connectivity index (χ0v) is 14.4. The van der Waals surface area contributed by atoms with Crippen molar-refractivity contribution in [2.45, 2.75) is 13.3 Å². The van der Waals surface area contributed by atoms with Gasteiger partial charge < -0.3 is 19.2 Å². The van der Waals surface area contributed by atoms with Gasteiger partial charge in [-0.3, -0.25) is 4.79 Å². The monoisotopic (exact) mass is 339 g/mol. The van der Waals surface area contributed by atoms with Gasteiger partial charge in [0.05, 0.1) is 12.8 Å². The first-order chi connectivity index (χ1) is 12.2. The van der Waals surface area contributed by atoms with Crippen LogP contribution in [0.1, 0.15) is 11.3 Å². The van der Waals surface area contributed by atoms with Crippen molar-refractivity contribution in [3.8, 4) is 11.5 Å². The van der Waals surface area contributed by atoms with Crippen LogP contribution in [0.2, 0.25) is 0 Å². The van der Waals surface area contributed by atoms with Crippen molar-refractivity contribution in [2.75, 3.05) is 20.3 Å². The molecule has 1 aromatic carbocycles. The van der Waals surface area contributed by atoms with Gasteiger partial charge in [0.25, 0.3) is 5.91 Å². The van der Waals surface area contributed by atoms with E-state index in [-0.39, 0.29) is 12.5 Å². The highest BCUT2D eigenvalue weighted by atomic mass is 16.5. The number of methoxy groups -OCH3 is 1. The maximum absolute atomic E-state index is 11.9. The van der Waals surface area contributed by atoms with Gasteiger partial charge in [-0.1, -0.05) is 17.7 Å². The van der Waals surface area contributed by atoms with E-state index in [1.165, 1.54) is 0 Å². The number of carbonyl (C=O) groups is 1. The molecule has 0 bridgehead atoms. The predicted molar refractivity (Wildman–Crippen MR) is 95.1 cm³/mol. The van der Waals surface area contributed by atoms with Crippen LogP contribution >= 0.6 is 0 Å². The lowest BCUT2D eigenvalue weighted by Gasteiger charge is -2.07. The maximum atomic E-state index is 11.9. The molecule has 0 spiro atoms. The Balaban J connectivity index is 1.47. The number of ether oxygens (including phenoxy) is 2. The molecule has 0 aliphatic carbocycles. The van der Waals surface area contributed by atoms with E-state index in [4.69, 9.17) is 9.47 Å². The van der Waals surface area contributed by atoms with Crippen LogP contribution in [0.25, 0.3) is 5.65 Å². The molecule has 25 heavy (non-hydrogen) atoms. The van der Waals surface area contributed by atoms with Crippen LogP contribution in [0, 0.1) is 6.92 Å². The molecular formula is C19H21N3O3. The third-order valence-corrected chi connectivity index (χ3v) is 3.81. The number of hydrogen-bond donors (Lipinski definition) is 1. The summed E-state index contributed by atoms with van der Waals surface area (Å²) in [6, 6.07) is 11.4. The minimum atomic E-state index is -0.151. The normalized spacial score (nSPS) is 10.6. The van der Waals surface area contributed by atoms with Gasteiger partial charge in [0.2, 0.25) is 0 Å². The summed E-state index contributed by atoms with van der Waals surface area (Å²) in [6.45, 7) is 2.51. The van der Waals surface area contributed by atoms with Crippen LogP contribution in [0.4, 0.5) is 0 Å². The highest BCUT2D eigenvalue weighted by Gasteiger charge is 2.07. The summed E-state index contributed by atoms with van der Waals surface area (Å²) in [7, 11) is 1.62. The Labute approximate surface area is 146 Å². The number of amides is 1. The standard InChI is InChI=1S/C19H21N3O3/c1-14-5-7-16(8-6-14)25-13-18(23)20-10-9-15-12-22-11-3-4-17(24-2)19(22)21-15/h3-8,11-12H,9-10,13H2,1-2H3,(H,20,23). The van der Waals surface area contributed by atoms with Crippen molar-refractivity contribution in [1.82, 2.24) is 14.7 Å². The third-order valence-electron chi connectivity index (χ3n) is 3.81. The SMILES string of the molecule is COc1cccn2cc(CCNC(=O)COc3ccc(C)cc3)nc12. The molecule has 0 aliphatic rings. The molecule has 0 unspecified atom stereocenters. The molecule has 6 nitrogen and oxygen atoms in total. The summed E-state index contributed by atoms with van der Waals surface area (Å²) in [5.74, 6) is 1.26. The molecule has 2 aromatic heterocycles. The molecule has 0 saturated heterocycles. The minimum absolute atomic E-state index is 0.00203. The molecule has 130 valence electrons. The molecule has 0 atom stereocenters. The van der Waals surface area contributed by atoms with Crippen LogP contribution in [0.15, 0.2) is 48.8 Å². The summed E-state index contributed by atoms with van der Waals surface area (Å²) in [4.78, 5) is 16.4. The number of benzene rings is 1. The molecule has 0 aliphatic heterocycles. The predicted octanol–water partition coefficient (Wildman–Crippen LogP) is 2.39. The zero-order valence-electron chi connectivity index (χ0n) is 14.4. The Bertz CT molecular complexity index is 856. The summed E-state index contributed by atoms with van der Waals surface area (Å²) >= 11 is 0. The molecule has 0 saturated carbocycles. The molecule has 3 aromatic rings. The number of imidazole rings is 1. The Hall–Kier alpha value is -3.02. The molecule has 2 heterocycles. The van der Waals surface area contributed by atoms with E-state index < -0.39 is 0 Å². The number of rotatable bonds is 7. The van der Waals surface area contributed by atoms with Gasteiger partial charge in [0.1, 0.15) is 5.75 Å². The number of aryl methyl sites for hydroxylation is 1. The van der Waals surface area contributed by atoms with Crippen molar-refractivity contribution < 1.29 is 14.3 Å². The van der Waals surface area contributed by atoms with Gasteiger partial charge in [0.15, 0.2) is 18.0 Å². The lowest BCUT2D eigenvalue weighted by Crippen LogP contribution is -2.30. The fourth-order valence-electron chi connectivity index (χ4n) is 2.48. The molecule has 0 radical (unpaired) electrons. The number of nitrogens with one attached hydrogen (secondary N) is 1. The van der Waals surface area contributed by atoms with E-state index in [0.29, 0.717) is 18.7 Å². The number of carbonyl (C=O) groups excluding carboxylic acids is 1. The van der Waals surface area contributed by atoms with Gasteiger partial charge in [0, 0.05) is 25.4 Å². The fraction of sp³-hybridized carbons (Fsp3) is 0.263. The van der Waals surface area contributed by atoms with E-state index in [9.17, 15) is 4.79 Å². The second-order valence-corrected chi connectivity index (χ2v) is 5.74. The van der Waals surface area contributed by atoms with Crippen LogP contribution in [0.5, 0.6) is 11.5 Å². The maximum Gasteiger partial charge on any atom is 0.257 e. The quantitative estimate of drug-likeness (QED) is 0.718. The lowest BCUT2D eigenvalue weighted by atomic mass is 10.2. The average Bonchev–Trinajstić information content (AvgIpc) is 3.04. The van der Waals surface area contributed by atoms with E-state index >= 15 is 0 Å². The Morgan fingerprint density at radius 1 is 1.24 bits per heavy atom. The van der Waals surface area contributed by atoms with Gasteiger partial charge in [-0.2, -0.15) is 0 Å². The summed E-state index contributed by atoms with van der Waals surface area (Å²) < 4.78 is 12.7. The van der Waals surface area contributed by atoms with Crippen LogP contribution < -0.4 is 14.8 Å². The second-order valence-electron chi connectivity index (χ2n) is 5.74. The van der Waals surface area contributed by atoms with E-state index in [2.05, 4.69) is 10.3 Å². The first-order valence-electron chi connectivity index (χ1n) is 8.12. The lowest BCUT2D eigenvalue weighted by molar-refractivity contribution is -0.123. The molecule has 1 amide bonds. The molecule has 0 fully saturated rings. The number of hydrogen-bond acceptors (Lipinski definition) is 4. The number of aromatic nitrogens is 2. The van der Waals surface area contributed by atoms with Crippen molar-refractivity contribution in [3.05, 3.63) is 60.0 Å². The van der Waals surface area contributed by atoms with Crippen molar-refractivity contribution >= 4 is 11.6 Å². The van der Waals surface area contributed by atoms with Crippen molar-refractivity contribution in [3.63, 3.8) is 0 Å². The molecular weight excluding hydrogens is 318 g/mol. The fourth-order valence-corrected chi connectivity index (χ4v) is 2.48. The third kappa shape index (κ3) is 4.29. The van der Waals surface area contributed by atoms with Gasteiger partial charge in [-0.15, -0.1) is 0 Å². The Morgan fingerprint density at radius 3 is 2.80 bits per heavy atom. The molecule has 3 rings (SSSR count). The summed E-state index contributed by atoms with van der Waals surface area (Å²) in [5, 5.41) is 2.84. The largest absolute Gasteiger partial charge is 0.493 e. The molecule has 1 N–H and O–H groups in total. The van der Waals surface area contributed by atoms with Crippen LogP contribution in [0.3, 0.4) is 0 Å². The van der Waals surface area contributed by atoms with Crippen molar-refractivity contribution in [2.24, 2.45) is 0 Å². The summed E-state index contributed by atoms with van der Waals surface area (Å²) in [6.07, 6.45) is 4.50. The highest BCUT2D eigenvalue weighted by molar-refractivity contribution is 5.77. The highest BCUT2D eigenvalue weighted by Crippen LogP contribution is 2.18. The Morgan fingerprint density at radius 2 is 2.04 bits per heavy atom. The zero-order chi connectivity index (χ0) is 17.6. The average molecular weight is 339 g/mol. The van der Waals surface area contributed by atoms with Crippen LogP contribution in [-0.2, 0) is 11.2 Å². The van der Waals surface area contributed by atoms with E-state index in [1.807, 2.05) is 60.1 Å². The topological polar surface area (TPSA) is 64.9 Å². The number of fused-ring (bicyclic) bond motifs is 1. The smallest absolute Gasteiger partial charge is 0.257 e. The first kappa shape index (κ1) is 16.8. The van der Waals surface area contributed by atoms with Crippen molar-refractivity contribution in [1.29, 1.82) is 0 Å². The minimum Gasteiger partial charge on any atom is -0.493 e. The molecule has 6 heteroatoms. The first-order valence-corrected chi connectivity index (χ1v) is 8.12. The van der Waals surface area contributed by atoms with Gasteiger partial charge in [-0.25, -0.2) is 4.98 Å². The number of nitrogens with zero attached hydrogens (tertiary/aromatic N) is 2. The summed E-state index contributed by atoms with van der Waals surface area (Å²) in [5.41, 5.74) is 2.82.